The number of rotatable bonds is 5. The molecule has 0 bridgehead atoms. The Labute approximate surface area is 257 Å². The lowest BCUT2D eigenvalue weighted by Gasteiger charge is -2.72. The van der Waals surface area contributed by atoms with Gasteiger partial charge in [0.1, 0.15) is 0 Å². The van der Waals surface area contributed by atoms with E-state index >= 15 is 0 Å². The van der Waals surface area contributed by atoms with Gasteiger partial charge in [0.15, 0.2) is 6.29 Å². The lowest BCUT2D eigenvalue weighted by atomic mass is 9.33. The highest BCUT2D eigenvalue weighted by Crippen LogP contribution is 2.77. The van der Waals surface area contributed by atoms with Crippen molar-refractivity contribution in [3.05, 3.63) is 53.6 Å². The van der Waals surface area contributed by atoms with E-state index in [1.165, 1.54) is 74.5 Å². The minimum atomic E-state index is -0.860. The second-order valence-electron chi connectivity index (χ2n) is 16.9. The summed E-state index contributed by atoms with van der Waals surface area (Å²) in [6.45, 7) is 20.1. The average molecular weight is 574 g/mol. The Bertz CT molecular complexity index is 1250. The zero-order chi connectivity index (χ0) is 30.5. The molecule has 232 valence electrons. The van der Waals surface area contributed by atoms with Gasteiger partial charge in [0.25, 0.3) is 0 Å². The standard InChI is InChI=1S/C39H59NO2/c1-25(2)28-17-22-39(40(8)9)24-23-37(6)30(33(28)39)15-16-32-36(5)20-18-29(26-11-13-27(14-12-26)34(41)42-10)35(3,4)31(36)19-21-38(32,37)7/h11-14,18,28,30-34,41H,1,15-17,19-24H2,2-10H3. The van der Waals surface area contributed by atoms with Gasteiger partial charge in [0.2, 0.25) is 0 Å². The summed E-state index contributed by atoms with van der Waals surface area (Å²) in [6.07, 6.45) is 13.8. The minimum Gasteiger partial charge on any atom is -0.364 e. The van der Waals surface area contributed by atoms with Crippen LogP contribution in [0, 0.1) is 51.2 Å². The maximum atomic E-state index is 10.1. The molecule has 10 atom stereocenters. The van der Waals surface area contributed by atoms with E-state index in [-0.39, 0.29) is 5.41 Å². The summed E-state index contributed by atoms with van der Waals surface area (Å²) in [4.78, 5) is 2.64. The van der Waals surface area contributed by atoms with Gasteiger partial charge in [-0.2, -0.15) is 0 Å². The summed E-state index contributed by atoms with van der Waals surface area (Å²) in [7, 11) is 6.30. The highest BCUT2D eigenvalue weighted by molar-refractivity contribution is 5.71. The lowest BCUT2D eigenvalue weighted by Crippen LogP contribution is -2.67. The van der Waals surface area contributed by atoms with Crippen LogP contribution >= 0.6 is 0 Å². The summed E-state index contributed by atoms with van der Waals surface area (Å²) >= 11 is 0. The van der Waals surface area contributed by atoms with Crippen LogP contribution in [0.4, 0.5) is 0 Å². The molecule has 42 heavy (non-hydrogen) atoms. The summed E-state index contributed by atoms with van der Waals surface area (Å²) < 4.78 is 5.14. The van der Waals surface area contributed by atoms with Gasteiger partial charge in [0, 0.05) is 18.2 Å². The number of hydrogen-bond acceptors (Lipinski definition) is 3. The Balaban J connectivity index is 1.35. The predicted octanol–water partition coefficient (Wildman–Crippen LogP) is 9.29. The van der Waals surface area contributed by atoms with Crippen LogP contribution in [0.2, 0.25) is 0 Å². The van der Waals surface area contributed by atoms with E-state index in [1.54, 1.807) is 7.11 Å². The molecule has 10 unspecified atom stereocenters. The Morgan fingerprint density at radius 1 is 0.905 bits per heavy atom. The molecular formula is C39H59NO2. The van der Waals surface area contributed by atoms with Crippen molar-refractivity contribution < 1.29 is 9.84 Å². The molecular weight excluding hydrogens is 514 g/mol. The van der Waals surface area contributed by atoms with Crippen molar-refractivity contribution in [2.24, 2.45) is 51.2 Å². The molecule has 0 saturated heterocycles. The highest BCUT2D eigenvalue weighted by Gasteiger charge is 2.70. The molecule has 3 heteroatoms. The third kappa shape index (κ3) is 3.94. The van der Waals surface area contributed by atoms with Crippen molar-refractivity contribution in [3.8, 4) is 0 Å². The minimum absolute atomic E-state index is 0.108. The van der Waals surface area contributed by atoms with Crippen LogP contribution in [0.5, 0.6) is 0 Å². The molecule has 0 spiro atoms. The molecule has 5 aliphatic carbocycles. The van der Waals surface area contributed by atoms with E-state index < -0.39 is 6.29 Å². The fourth-order valence-electron chi connectivity index (χ4n) is 12.9. The van der Waals surface area contributed by atoms with Crippen LogP contribution in [0.1, 0.15) is 117 Å². The third-order valence-corrected chi connectivity index (χ3v) is 15.2. The Morgan fingerprint density at radius 3 is 2.21 bits per heavy atom. The fourth-order valence-corrected chi connectivity index (χ4v) is 12.9. The fraction of sp³-hybridized carbons (Fsp3) is 0.744. The zero-order valence-corrected chi connectivity index (χ0v) is 28.2. The van der Waals surface area contributed by atoms with Crippen molar-refractivity contribution in [2.45, 2.75) is 111 Å². The Morgan fingerprint density at radius 2 is 1.60 bits per heavy atom. The number of nitrogens with zero attached hydrogens (tertiary/aromatic N) is 1. The van der Waals surface area contributed by atoms with Gasteiger partial charge in [-0.3, -0.25) is 0 Å². The Hall–Kier alpha value is -1.42. The van der Waals surface area contributed by atoms with Gasteiger partial charge in [-0.25, -0.2) is 0 Å². The lowest BCUT2D eigenvalue weighted by molar-refractivity contribution is -0.225. The second kappa shape index (κ2) is 10.0. The first kappa shape index (κ1) is 30.6. The maximum Gasteiger partial charge on any atom is 0.180 e. The number of aliphatic hydroxyl groups excluding tert-OH is 1. The molecule has 0 aromatic heterocycles. The van der Waals surface area contributed by atoms with Crippen molar-refractivity contribution in [2.75, 3.05) is 21.2 Å². The van der Waals surface area contributed by atoms with E-state index in [2.05, 4.69) is 85.3 Å². The summed E-state index contributed by atoms with van der Waals surface area (Å²) in [6, 6.07) is 8.47. The third-order valence-electron chi connectivity index (χ3n) is 15.2. The van der Waals surface area contributed by atoms with Gasteiger partial charge >= 0.3 is 0 Å². The van der Waals surface area contributed by atoms with E-state index in [9.17, 15) is 5.11 Å². The molecule has 1 N–H and O–H groups in total. The second-order valence-corrected chi connectivity index (χ2v) is 16.9. The number of hydrogen-bond donors (Lipinski definition) is 1. The molecule has 4 saturated carbocycles. The molecule has 6 rings (SSSR count). The monoisotopic (exact) mass is 573 g/mol. The normalized spacial score (nSPS) is 44.8. The van der Waals surface area contributed by atoms with Gasteiger partial charge in [-0.05, 0) is 141 Å². The molecule has 5 aliphatic rings. The van der Waals surface area contributed by atoms with Gasteiger partial charge in [-0.1, -0.05) is 77.1 Å². The van der Waals surface area contributed by atoms with Crippen LogP contribution in [0.3, 0.4) is 0 Å². The number of ether oxygens (including phenoxy) is 1. The number of allylic oxidation sites excluding steroid dienone is 3. The van der Waals surface area contributed by atoms with Crippen molar-refractivity contribution in [1.29, 1.82) is 0 Å². The van der Waals surface area contributed by atoms with Crippen LogP contribution in [-0.2, 0) is 4.74 Å². The van der Waals surface area contributed by atoms with E-state index in [0.717, 1.165) is 23.3 Å². The molecule has 0 heterocycles. The highest BCUT2D eigenvalue weighted by atomic mass is 16.6. The number of benzene rings is 1. The first-order valence-corrected chi connectivity index (χ1v) is 17.0. The largest absolute Gasteiger partial charge is 0.364 e. The summed E-state index contributed by atoms with van der Waals surface area (Å²) in [5.41, 5.74) is 6.61. The van der Waals surface area contributed by atoms with Gasteiger partial charge in [-0.15, -0.1) is 0 Å². The molecule has 1 aromatic rings. The zero-order valence-electron chi connectivity index (χ0n) is 28.2. The quantitative estimate of drug-likeness (QED) is 0.281. The van der Waals surface area contributed by atoms with E-state index in [1.807, 2.05) is 12.1 Å². The number of methoxy groups -OCH3 is 1. The molecule has 0 radical (unpaired) electrons. The molecule has 1 aromatic carbocycles. The van der Waals surface area contributed by atoms with Gasteiger partial charge < -0.3 is 14.7 Å². The van der Waals surface area contributed by atoms with E-state index in [0.29, 0.717) is 33.6 Å². The summed E-state index contributed by atoms with van der Waals surface area (Å²) in [5.74, 6) is 3.66. The first-order chi connectivity index (χ1) is 19.7. The van der Waals surface area contributed by atoms with Crippen LogP contribution < -0.4 is 0 Å². The Kier molecular flexibility index (Phi) is 7.32. The first-order valence-electron chi connectivity index (χ1n) is 17.0. The predicted molar refractivity (Wildman–Crippen MR) is 175 cm³/mol. The molecule has 4 fully saturated rings. The van der Waals surface area contributed by atoms with Gasteiger partial charge in [0.05, 0.1) is 0 Å². The smallest absolute Gasteiger partial charge is 0.180 e. The molecule has 3 nitrogen and oxygen atoms in total. The van der Waals surface area contributed by atoms with Crippen molar-refractivity contribution in [1.82, 2.24) is 4.90 Å². The van der Waals surface area contributed by atoms with Crippen LogP contribution in [-0.4, -0.2) is 36.8 Å². The van der Waals surface area contributed by atoms with Crippen LogP contribution in [0.15, 0.2) is 42.5 Å². The summed E-state index contributed by atoms with van der Waals surface area (Å²) in [5, 5.41) is 10.1. The maximum absolute atomic E-state index is 10.1. The SMILES string of the molecule is C=C(C)C1CCC2(N(C)C)CCC3(C)C(CCC4C5(C)CC=C(c6ccc(C(O)OC)cc6)C(C)(C)C5CCC43C)C12. The van der Waals surface area contributed by atoms with Crippen molar-refractivity contribution in [3.63, 3.8) is 0 Å². The average Bonchev–Trinajstić information content (AvgIpc) is 3.34. The van der Waals surface area contributed by atoms with E-state index in [4.69, 9.17) is 4.74 Å². The molecule has 0 aliphatic heterocycles. The number of fused-ring (bicyclic) bond motifs is 7. The topological polar surface area (TPSA) is 32.7 Å². The van der Waals surface area contributed by atoms with Crippen LogP contribution in [0.25, 0.3) is 5.57 Å². The van der Waals surface area contributed by atoms with Crippen molar-refractivity contribution >= 4 is 5.57 Å². The molecule has 0 amide bonds. The number of aliphatic hydroxyl groups is 1.